The molecule has 1 saturated heterocycles. The molecule has 1 aliphatic heterocycles. The summed E-state index contributed by atoms with van der Waals surface area (Å²) >= 11 is 3.86. The molecule has 1 aliphatic rings. The Labute approximate surface area is 102 Å². The van der Waals surface area contributed by atoms with Crippen molar-refractivity contribution in [3.05, 3.63) is 6.20 Å². The van der Waals surface area contributed by atoms with Crippen LogP contribution in [-0.2, 0) is 0 Å². The van der Waals surface area contributed by atoms with Gasteiger partial charge in [0.05, 0.1) is 6.20 Å². The molecule has 2 amide bonds. The molecule has 1 aromatic heterocycles. The van der Waals surface area contributed by atoms with E-state index in [1.807, 2.05) is 23.5 Å². The molecule has 0 radical (unpaired) electrons. The molecule has 88 valence electrons. The van der Waals surface area contributed by atoms with Crippen LogP contribution in [0, 0.1) is 0 Å². The first-order valence-electron chi connectivity index (χ1n) is 4.94. The normalized spacial score (nSPS) is 20.4. The van der Waals surface area contributed by atoms with Crippen LogP contribution < -0.4 is 10.6 Å². The average Bonchev–Trinajstić information content (AvgIpc) is 2.81. The predicted octanol–water partition coefficient (Wildman–Crippen LogP) is 0.775. The van der Waals surface area contributed by atoms with E-state index in [0.29, 0.717) is 17.6 Å². The number of rotatable bonds is 3. The monoisotopic (exact) mass is 259 g/mol. The summed E-state index contributed by atoms with van der Waals surface area (Å²) in [7, 11) is 0. The molecule has 2 rings (SSSR count). The first-order valence-corrected chi connectivity index (χ1v) is 7.15. The lowest BCUT2D eigenvalue weighted by Gasteiger charge is -2.20. The van der Waals surface area contributed by atoms with Crippen molar-refractivity contribution >= 4 is 35.4 Å². The van der Waals surface area contributed by atoms with Crippen molar-refractivity contribution in [2.45, 2.75) is 5.25 Å². The third-order valence-corrected chi connectivity index (χ3v) is 4.88. The fourth-order valence-corrected chi connectivity index (χ4v) is 3.90. The van der Waals surface area contributed by atoms with Crippen molar-refractivity contribution in [1.82, 2.24) is 20.7 Å². The molecule has 3 N–H and O–H groups in total. The standard InChI is InChI=1S/C8H13N5OS2/c14-8(11-7-4-10-13-12-7)9-3-6-5-15-1-2-16-6/h4,6H,1-3,5H2,(H3,9,10,11,12,13,14). The van der Waals surface area contributed by atoms with E-state index in [1.165, 1.54) is 17.7 Å². The highest BCUT2D eigenvalue weighted by Crippen LogP contribution is 2.23. The second-order valence-corrected chi connectivity index (χ2v) is 5.82. The summed E-state index contributed by atoms with van der Waals surface area (Å²) in [4.78, 5) is 11.4. The molecule has 2 heterocycles. The minimum atomic E-state index is -0.231. The highest BCUT2D eigenvalue weighted by molar-refractivity contribution is 8.06. The Kier molecular flexibility index (Phi) is 4.34. The Balaban J connectivity index is 1.67. The van der Waals surface area contributed by atoms with E-state index in [-0.39, 0.29) is 6.03 Å². The van der Waals surface area contributed by atoms with Crippen molar-refractivity contribution in [1.29, 1.82) is 0 Å². The first kappa shape index (κ1) is 11.6. The van der Waals surface area contributed by atoms with Crippen molar-refractivity contribution < 1.29 is 4.79 Å². The molecule has 1 fully saturated rings. The lowest BCUT2D eigenvalue weighted by Crippen LogP contribution is -2.36. The van der Waals surface area contributed by atoms with Gasteiger partial charge in [0.1, 0.15) is 0 Å². The molecule has 0 saturated carbocycles. The zero-order valence-corrected chi connectivity index (χ0v) is 10.2. The first-order chi connectivity index (χ1) is 7.84. The van der Waals surface area contributed by atoms with Gasteiger partial charge in [0.2, 0.25) is 0 Å². The maximum atomic E-state index is 11.4. The van der Waals surface area contributed by atoms with Crippen LogP contribution >= 0.6 is 23.5 Å². The third kappa shape index (κ3) is 3.60. The smallest absolute Gasteiger partial charge is 0.320 e. The number of aromatic nitrogens is 3. The number of nitrogens with zero attached hydrogens (tertiary/aromatic N) is 2. The van der Waals surface area contributed by atoms with Crippen LogP contribution in [0.3, 0.4) is 0 Å². The Morgan fingerprint density at radius 2 is 2.56 bits per heavy atom. The van der Waals surface area contributed by atoms with Crippen LogP contribution in [0.4, 0.5) is 10.6 Å². The number of aromatic amines is 1. The molecule has 16 heavy (non-hydrogen) atoms. The second kappa shape index (κ2) is 6.00. The van der Waals surface area contributed by atoms with Crippen LogP contribution in [0.15, 0.2) is 6.20 Å². The van der Waals surface area contributed by atoms with Crippen LogP contribution in [-0.4, -0.2) is 50.5 Å². The Hall–Kier alpha value is -0.890. The summed E-state index contributed by atoms with van der Waals surface area (Å²) in [6.07, 6.45) is 1.46. The number of carbonyl (C=O) groups is 1. The van der Waals surface area contributed by atoms with Gasteiger partial charge in [-0.2, -0.15) is 33.8 Å². The average molecular weight is 259 g/mol. The number of hydrogen-bond donors (Lipinski definition) is 3. The van der Waals surface area contributed by atoms with E-state index in [1.54, 1.807) is 0 Å². The number of amides is 2. The lowest BCUT2D eigenvalue weighted by molar-refractivity contribution is 0.252. The van der Waals surface area contributed by atoms with Gasteiger partial charge in [0.15, 0.2) is 5.82 Å². The fourth-order valence-electron chi connectivity index (χ4n) is 1.28. The number of H-pyrrole nitrogens is 1. The topological polar surface area (TPSA) is 82.7 Å². The van der Waals surface area contributed by atoms with Gasteiger partial charge in [-0.3, -0.25) is 5.32 Å². The maximum Gasteiger partial charge on any atom is 0.320 e. The summed E-state index contributed by atoms with van der Waals surface area (Å²) in [6.45, 7) is 0.696. The maximum absolute atomic E-state index is 11.4. The predicted molar refractivity (Wildman–Crippen MR) is 67.0 cm³/mol. The SMILES string of the molecule is O=C(NCC1CSCCS1)Nc1cn[nH]n1. The van der Waals surface area contributed by atoms with Gasteiger partial charge < -0.3 is 5.32 Å². The third-order valence-electron chi connectivity index (χ3n) is 2.03. The van der Waals surface area contributed by atoms with E-state index in [9.17, 15) is 4.79 Å². The highest BCUT2D eigenvalue weighted by Gasteiger charge is 2.15. The molecule has 1 atom stereocenters. The molecule has 8 heteroatoms. The summed E-state index contributed by atoms with van der Waals surface area (Å²) in [5.74, 6) is 3.92. The number of hydrogen-bond acceptors (Lipinski definition) is 5. The minimum Gasteiger partial charge on any atom is -0.337 e. The van der Waals surface area contributed by atoms with Crippen molar-refractivity contribution in [2.24, 2.45) is 0 Å². The number of anilines is 1. The Morgan fingerprint density at radius 1 is 1.62 bits per heavy atom. The summed E-state index contributed by atoms with van der Waals surface area (Å²) in [5.41, 5.74) is 0. The number of urea groups is 1. The molecular weight excluding hydrogens is 246 g/mol. The van der Waals surface area contributed by atoms with Gasteiger partial charge in [-0.05, 0) is 0 Å². The van der Waals surface area contributed by atoms with E-state index >= 15 is 0 Å². The lowest BCUT2D eigenvalue weighted by atomic mass is 10.5. The number of nitrogens with one attached hydrogen (secondary N) is 3. The highest BCUT2D eigenvalue weighted by atomic mass is 32.2. The van der Waals surface area contributed by atoms with Crippen molar-refractivity contribution in [3.8, 4) is 0 Å². The van der Waals surface area contributed by atoms with E-state index in [4.69, 9.17) is 0 Å². The van der Waals surface area contributed by atoms with Gasteiger partial charge in [0.25, 0.3) is 0 Å². The Morgan fingerprint density at radius 3 is 3.25 bits per heavy atom. The van der Waals surface area contributed by atoms with E-state index in [2.05, 4.69) is 26.0 Å². The molecule has 1 aromatic rings. The fraction of sp³-hybridized carbons (Fsp3) is 0.625. The van der Waals surface area contributed by atoms with E-state index < -0.39 is 0 Å². The van der Waals surface area contributed by atoms with Crippen LogP contribution in [0.25, 0.3) is 0 Å². The van der Waals surface area contributed by atoms with Crippen molar-refractivity contribution in [2.75, 3.05) is 29.1 Å². The van der Waals surface area contributed by atoms with Crippen molar-refractivity contribution in [3.63, 3.8) is 0 Å². The van der Waals surface area contributed by atoms with Gasteiger partial charge in [-0.15, -0.1) is 5.10 Å². The zero-order valence-electron chi connectivity index (χ0n) is 8.60. The van der Waals surface area contributed by atoms with Gasteiger partial charge in [-0.25, -0.2) is 4.79 Å². The Bertz CT molecular complexity index is 325. The summed E-state index contributed by atoms with van der Waals surface area (Å²) in [5, 5.41) is 15.7. The van der Waals surface area contributed by atoms with Crippen LogP contribution in [0.5, 0.6) is 0 Å². The second-order valence-electron chi connectivity index (χ2n) is 3.26. The molecule has 0 bridgehead atoms. The van der Waals surface area contributed by atoms with E-state index in [0.717, 1.165) is 5.75 Å². The zero-order chi connectivity index (χ0) is 11.2. The molecule has 1 unspecified atom stereocenters. The number of thioether (sulfide) groups is 2. The largest absolute Gasteiger partial charge is 0.337 e. The molecule has 6 nitrogen and oxygen atoms in total. The molecule has 0 aromatic carbocycles. The van der Waals surface area contributed by atoms with Gasteiger partial charge in [0, 0.05) is 29.1 Å². The number of carbonyl (C=O) groups excluding carboxylic acids is 1. The summed E-state index contributed by atoms with van der Waals surface area (Å²) < 4.78 is 0. The molecule has 0 aliphatic carbocycles. The quantitative estimate of drug-likeness (QED) is 0.747. The van der Waals surface area contributed by atoms with Gasteiger partial charge >= 0.3 is 6.03 Å². The van der Waals surface area contributed by atoms with Crippen LogP contribution in [0.2, 0.25) is 0 Å². The molecular formula is C8H13N5OS2. The van der Waals surface area contributed by atoms with Gasteiger partial charge in [-0.1, -0.05) is 0 Å². The molecule has 0 spiro atoms. The minimum absolute atomic E-state index is 0.231. The van der Waals surface area contributed by atoms with Crippen LogP contribution in [0.1, 0.15) is 0 Å². The summed E-state index contributed by atoms with van der Waals surface area (Å²) in [6, 6.07) is -0.231.